The quantitative estimate of drug-likeness (QED) is 0.616. The number of anilines is 1. The number of halogens is 1. The van der Waals surface area contributed by atoms with Crippen LogP contribution in [0.5, 0.6) is 5.75 Å². The first-order valence-electron chi connectivity index (χ1n) is 5.16. The lowest BCUT2D eigenvalue weighted by Crippen LogP contribution is -2.23. The number of carbonyl (C=O) groups is 1. The predicted octanol–water partition coefficient (Wildman–Crippen LogP) is 2.07. The van der Waals surface area contributed by atoms with E-state index in [2.05, 4.69) is 20.7 Å². The van der Waals surface area contributed by atoms with Crippen molar-refractivity contribution < 1.29 is 14.3 Å². The number of hydrogen-bond acceptors (Lipinski definition) is 4. The van der Waals surface area contributed by atoms with Gasteiger partial charge in [0, 0.05) is 25.8 Å². The third-order valence-electron chi connectivity index (χ3n) is 2.19. The smallest absolute Gasteiger partial charge is 0.322 e. The van der Waals surface area contributed by atoms with E-state index >= 15 is 0 Å². The lowest BCUT2D eigenvalue weighted by molar-refractivity contribution is -0.140. The van der Waals surface area contributed by atoms with Gasteiger partial charge in [-0.1, -0.05) is 22.0 Å². The summed E-state index contributed by atoms with van der Waals surface area (Å²) in [6.45, 7) is 0.240. The zero-order valence-electron chi connectivity index (χ0n) is 10.1. The highest BCUT2D eigenvalue weighted by atomic mass is 79.9. The Bertz CT molecular complexity index is 382. The lowest BCUT2D eigenvalue weighted by Gasteiger charge is -2.15. The van der Waals surface area contributed by atoms with Crippen LogP contribution in [-0.4, -0.2) is 38.6 Å². The molecule has 0 radical (unpaired) electrons. The Kier molecular flexibility index (Phi) is 5.28. The van der Waals surface area contributed by atoms with E-state index in [9.17, 15) is 4.79 Å². The highest BCUT2D eigenvalue weighted by molar-refractivity contribution is 9.10. The Balaban J connectivity index is 2.57. The number of hydrogen-bond donors (Lipinski definition) is 0. The van der Waals surface area contributed by atoms with Crippen LogP contribution in [0.4, 0.5) is 5.69 Å². The molecule has 1 aromatic carbocycles. The highest BCUT2D eigenvalue weighted by Crippen LogP contribution is 2.20. The molecule has 0 fully saturated rings. The van der Waals surface area contributed by atoms with Crippen LogP contribution >= 0.6 is 15.9 Å². The minimum absolute atomic E-state index is 0.240. The molecular formula is C12H16BrNO3. The first kappa shape index (κ1) is 13.8. The fourth-order valence-electron chi connectivity index (χ4n) is 1.22. The van der Waals surface area contributed by atoms with E-state index in [1.807, 2.05) is 43.3 Å². The summed E-state index contributed by atoms with van der Waals surface area (Å²) < 4.78 is 10.1. The maximum absolute atomic E-state index is 11.2. The maximum Gasteiger partial charge on any atom is 0.322 e. The van der Waals surface area contributed by atoms with Crippen molar-refractivity contribution in [2.45, 2.75) is 4.83 Å². The summed E-state index contributed by atoms with van der Waals surface area (Å²) in [7, 11) is 5.27. The molecule has 17 heavy (non-hydrogen) atoms. The third kappa shape index (κ3) is 4.26. The molecule has 0 saturated carbocycles. The van der Waals surface area contributed by atoms with Crippen LogP contribution < -0.4 is 9.64 Å². The van der Waals surface area contributed by atoms with E-state index in [1.165, 1.54) is 7.11 Å². The molecule has 0 aliphatic heterocycles. The van der Waals surface area contributed by atoms with Gasteiger partial charge >= 0.3 is 5.97 Å². The summed E-state index contributed by atoms with van der Waals surface area (Å²) in [5, 5.41) is 0. The molecule has 4 nitrogen and oxygen atoms in total. The molecule has 0 saturated heterocycles. The number of alkyl halides is 1. The first-order valence-corrected chi connectivity index (χ1v) is 6.08. The highest BCUT2D eigenvalue weighted by Gasteiger charge is 2.15. The average molecular weight is 302 g/mol. The molecule has 0 spiro atoms. The normalized spacial score (nSPS) is 11.8. The Morgan fingerprint density at radius 3 is 2.76 bits per heavy atom. The summed E-state index contributed by atoms with van der Waals surface area (Å²) in [6, 6.07) is 7.66. The number of nitrogens with zero attached hydrogens (tertiary/aromatic N) is 1. The average Bonchev–Trinajstić information content (AvgIpc) is 2.35. The molecule has 0 amide bonds. The largest absolute Gasteiger partial charge is 0.492 e. The molecule has 0 aliphatic carbocycles. The second kappa shape index (κ2) is 6.49. The van der Waals surface area contributed by atoms with Gasteiger partial charge in [-0.05, 0) is 12.1 Å². The van der Waals surface area contributed by atoms with Crippen molar-refractivity contribution in [3.8, 4) is 5.75 Å². The molecular weight excluding hydrogens is 286 g/mol. The van der Waals surface area contributed by atoms with Gasteiger partial charge < -0.3 is 14.4 Å². The van der Waals surface area contributed by atoms with E-state index in [-0.39, 0.29) is 12.6 Å². The van der Waals surface area contributed by atoms with Crippen molar-refractivity contribution in [2.24, 2.45) is 0 Å². The molecule has 5 heteroatoms. The summed E-state index contributed by atoms with van der Waals surface area (Å²) in [6.07, 6.45) is 0. The Morgan fingerprint density at radius 2 is 2.18 bits per heavy atom. The summed E-state index contributed by atoms with van der Waals surface area (Å²) in [5.74, 6) is 0.387. The molecule has 0 aromatic heterocycles. The van der Waals surface area contributed by atoms with Crippen molar-refractivity contribution in [3.05, 3.63) is 24.3 Å². The number of ether oxygens (including phenoxy) is 2. The molecule has 0 bridgehead atoms. The van der Waals surface area contributed by atoms with Gasteiger partial charge in [0.15, 0.2) is 0 Å². The molecule has 0 N–H and O–H groups in total. The fourth-order valence-corrected chi connectivity index (χ4v) is 1.54. The summed E-state index contributed by atoms with van der Waals surface area (Å²) in [4.78, 5) is 12.7. The standard InChI is InChI=1S/C12H16BrNO3/c1-14(2)9-5-4-6-10(7-9)17-8-11(13)12(15)16-3/h4-7,11H,8H2,1-3H3. The van der Waals surface area contributed by atoms with Gasteiger partial charge in [-0.2, -0.15) is 0 Å². The molecule has 1 atom stereocenters. The molecule has 0 heterocycles. The van der Waals surface area contributed by atoms with E-state index < -0.39 is 4.83 Å². The van der Waals surface area contributed by atoms with Crippen molar-refractivity contribution in [2.75, 3.05) is 32.7 Å². The van der Waals surface area contributed by atoms with Gasteiger partial charge in [0.25, 0.3) is 0 Å². The molecule has 94 valence electrons. The van der Waals surface area contributed by atoms with Gasteiger partial charge in [0.1, 0.15) is 17.2 Å². The zero-order valence-corrected chi connectivity index (χ0v) is 11.7. The second-order valence-electron chi connectivity index (χ2n) is 3.69. The Hall–Kier alpha value is -1.23. The predicted molar refractivity (Wildman–Crippen MR) is 71.0 cm³/mol. The van der Waals surface area contributed by atoms with E-state index in [0.717, 1.165) is 11.4 Å². The van der Waals surface area contributed by atoms with Crippen LogP contribution in [0, 0.1) is 0 Å². The Labute approximate surface area is 110 Å². The van der Waals surface area contributed by atoms with Crippen molar-refractivity contribution in [1.82, 2.24) is 0 Å². The summed E-state index contributed by atoms with van der Waals surface area (Å²) >= 11 is 3.20. The van der Waals surface area contributed by atoms with Crippen molar-refractivity contribution in [1.29, 1.82) is 0 Å². The summed E-state index contributed by atoms with van der Waals surface area (Å²) in [5.41, 5.74) is 1.05. The van der Waals surface area contributed by atoms with Crippen molar-refractivity contribution >= 4 is 27.6 Å². The van der Waals surface area contributed by atoms with Gasteiger partial charge in [-0.3, -0.25) is 4.79 Å². The van der Waals surface area contributed by atoms with E-state index in [0.29, 0.717) is 0 Å². The van der Waals surface area contributed by atoms with Crippen LogP contribution in [0.2, 0.25) is 0 Å². The third-order valence-corrected chi connectivity index (χ3v) is 2.83. The molecule has 1 rings (SSSR count). The molecule has 1 unspecified atom stereocenters. The second-order valence-corrected chi connectivity index (χ2v) is 4.80. The number of methoxy groups -OCH3 is 1. The Morgan fingerprint density at radius 1 is 1.47 bits per heavy atom. The number of rotatable bonds is 5. The number of esters is 1. The minimum atomic E-state index is -0.449. The van der Waals surface area contributed by atoms with Gasteiger partial charge in [-0.15, -0.1) is 0 Å². The molecule has 0 aliphatic rings. The van der Waals surface area contributed by atoms with E-state index in [1.54, 1.807) is 0 Å². The topological polar surface area (TPSA) is 38.8 Å². The SMILES string of the molecule is COC(=O)C(Br)COc1cccc(N(C)C)c1. The van der Waals surface area contributed by atoms with Crippen LogP contribution in [0.15, 0.2) is 24.3 Å². The van der Waals surface area contributed by atoms with E-state index in [4.69, 9.17) is 4.74 Å². The lowest BCUT2D eigenvalue weighted by atomic mass is 10.3. The van der Waals surface area contributed by atoms with Crippen molar-refractivity contribution in [3.63, 3.8) is 0 Å². The van der Waals surface area contributed by atoms with Gasteiger partial charge in [-0.25, -0.2) is 0 Å². The van der Waals surface area contributed by atoms with Crippen LogP contribution in [-0.2, 0) is 9.53 Å². The number of carbonyl (C=O) groups excluding carboxylic acids is 1. The fraction of sp³-hybridized carbons (Fsp3) is 0.417. The maximum atomic E-state index is 11.2. The first-order chi connectivity index (χ1) is 8.04. The molecule has 1 aromatic rings. The van der Waals surface area contributed by atoms with Crippen LogP contribution in [0.1, 0.15) is 0 Å². The number of benzene rings is 1. The monoisotopic (exact) mass is 301 g/mol. The van der Waals surface area contributed by atoms with Gasteiger partial charge in [0.2, 0.25) is 0 Å². The van der Waals surface area contributed by atoms with Crippen LogP contribution in [0.25, 0.3) is 0 Å². The van der Waals surface area contributed by atoms with Crippen LogP contribution in [0.3, 0.4) is 0 Å². The minimum Gasteiger partial charge on any atom is -0.492 e. The van der Waals surface area contributed by atoms with Gasteiger partial charge in [0.05, 0.1) is 7.11 Å². The zero-order chi connectivity index (χ0) is 12.8.